The van der Waals surface area contributed by atoms with Crippen LogP contribution in [0.5, 0.6) is 0 Å². The fraction of sp³-hybridized carbons (Fsp3) is 0.636. The first-order valence-electron chi connectivity index (χ1n) is 5.43. The summed E-state index contributed by atoms with van der Waals surface area (Å²) in [5.74, 6) is -0.0432. The van der Waals surface area contributed by atoms with Gasteiger partial charge in [-0.05, 0) is 20.3 Å². The van der Waals surface area contributed by atoms with Crippen LogP contribution in [0, 0.1) is 6.92 Å². The number of thiazole rings is 1. The molecule has 2 N–H and O–H groups in total. The van der Waals surface area contributed by atoms with Gasteiger partial charge in [0, 0.05) is 11.9 Å². The van der Waals surface area contributed by atoms with Crippen molar-refractivity contribution in [3.63, 3.8) is 0 Å². The number of likely N-dealkylation sites (N-methyl/N-ethyl adjacent to an activating group) is 1. The number of carbonyl (C=O) groups excluding carboxylic acids is 1. The molecule has 0 aliphatic heterocycles. The minimum absolute atomic E-state index is 0.0432. The average molecular weight is 241 g/mol. The molecule has 0 fully saturated rings. The first-order chi connectivity index (χ1) is 7.51. The molecule has 0 aliphatic carbocycles. The average Bonchev–Trinajstić information content (AvgIpc) is 2.67. The highest BCUT2D eigenvalue weighted by atomic mass is 32.1. The number of aryl methyl sites for hydroxylation is 2. The first-order valence-corrected chi connectivity index (χ1v) is 6.24. The summed E-state index contributed by atoms with van der Waals surface area (Å²) in [4.78, 5) is 18.8. The van der Waals surface area contributed by atoms with Gasteiger partial charge in [0.2, 0.25) is 5.91 Å². The third-order valence-electron chi connectivity index (χ3n) is 2.71. The van der Waals surface area contributed by atoms with E-state index in [0.717, 1.165) is 22.0 Å². The van der Waals surface area contributed by atoms with E-state index in [0.29, 0.717) is 0 Å². The van der Waals surface area contributed by atoms with Crippen LogP contribution in [-0.2, 0) is 11.2 Å². The lowest BCUT2D eigenvalue weighted by Gasteiger charge is -2.23. The Kier molecular flexibility index (Phi) is 4.44. The highest BCUT2D eigenvalue weighted by molar-refractivity contribution is 7.11. The highest BCUT2D eigenvalue weighted by Gasteiger charge is 2.20. The molecule has 0 aliphatic rings. The maximum absolute atomic E-state index is 11.5. The maximum Gasteiger partial charge on any atom is 0.236 e. The molecule has 0 radical (unpaired) electrons. The van der Waals surface area contributed by atoms with Crippen LogP contribution in [0.15, 0.2) is 0 Å². The van der Waals surface area contributed by atoms with Crippen LogP contribution in [0.4, 0.5) is 0 Å². The van der Waals surface area contributed by atoms with Gasteiger partial charge in [-0.1, -0.05) is 6.92 Å². The molecule has 16 heavy (non-hydrogen) atoms. The molecule has 5 heteroatoms. The molecule has 1 heterocycles. The van der Waals surface area contributed by atoms with E-state index in [9.17, 15) is 4.79 Å². The predicted octanol–water partition coefficient (Wildman–Crippen LogP) is 1.49. The number of nitrogens with two attached hydrogens (primary N) is 1. The van der Waals surface area contributed by atoms with E-state index < -0.39 is 0 Å². The standard InChI is InChI=1S/C11H19N3OS/c1-5-9-13-7(2)11(16-9)8(3)14(4)10(15)6-12/h8H,5-6,12H2,1-4H3. The number of carbonyl (C=O) groups is 1. The van der Waals surface area contributed by atoms with E-state index in [2.05, 4.69) is 11.9 Å². The fourth-order valence-corrected chi connectivity index (χ4v) is 2.64. The molecule has 0 saturated heterocycles. The van der Waals surface area contributed by atoms with Crippen LogP contribution >= 0.6 is 11.3 Å². The number of rotatable bonds is 4. The van der Waals surface area contributed by atoms with Gasteiger partial charge in [0.1, 0.15) is 0 Å². The lowest BCUT2D eigenvalue weighted by atomic mass is 10.2. The molecule has 0 saturated carbocycles. The predicted molar refractivity (Wildman–Crippen MR) is 66.5 cm³/mol. The highest BCUT2D eigenvalue weighted by Crippen LogP contribution is 2.28. The van der Waals surface area contributed by atoms with Crippen LogP contribution < -0.4 is 5.73 Å². The number of nitrogens with zero attached hydrogens (tertiary/aromatic N) is 2. The zero-order valence-corrected chi connectivity index (χ0v) is 11.1. The molecule has 1 rings (SSSR count). The van der Waals surface area contributed by atoms with Crippen molar-refractivity contribution in [1.82, 2.24) is 9.88 Å². The molecule has 1 atom stereocenters. The minimum atomic E-state index is -0.0432. The van der Waals surface area contributed by atoms with Crippen molar-refractivity contribution in [1.29, 1.82) is 0 Å². The second-order valence-corrected chi connectivity index (χ2v) is 4.91. The second kappa shape index (κ2) is 5.41. The van der Waals surface area contributed by atoms with Gasteiger partial charge in [0.15, 0.2) is 0 Å². The van der Waals surface area contributed by atoms with Gasteiger partial charge < -0.3 is 10.6 Å². The van der Waals surface area contributed by atoms with Crippen molar-refractivity contribution in [2.45, 2.75) is 33.2 Å². The molecule has 0 bridgehead atoms. The van der Waals surface area contributed by atoms with Gasteiger partial charge in [-0.3, -0.25) is 4.79 Å². The Morgan fingerprint density at radius 3 is 2.69 bits per heavy atom. The zero-order chi connectivity index (χ0) is 12.3. The fourth-order valence-electron chi connectivity index (χ4n) is 1.54. The van der Waals surface area contributed by atoms with E-state index in [-0.39, 0.29) is 18.5 Å². The monoisotopic (exact) mass is 241 g/mol. The summed E-state index contributed by atoms with van der Waals surface area (Å²) in [6, 6.07) is 0.0499. The minimum Gasteiger partial charge on any atom is -0.337 e. The molecular formula is C11H19N3OS. The molecule has 1 aromatic rings. The second-order valence-electron chi connectivity index (χ2n) is 3.80. The Hall–Kier alpha value is -0.940. The van der Waals surface area contributed by atoms with Crippen molar-refractivity contribution in [2.24, 2.45) is 5.73 Å². The number of hydrogen-bond donors (Lipinski definition) is 1. The van der Waals surface area contributed by atoms with E-state index >= 15 is 0 Å². The summed E-state index contributed by atoms with van der Waals surface area (Å²) in [5.41, 5.74) is 6.37. The summed E-state index contributed by atoms with van der Waals surface area (Å²) < 4.78 is 0. The Bertz CT molecular complexity index is 375. The molecule has 0 spiro atoms. The van der Waals surface area contributed by atoms with Crippen LogP contribution in [0.3, 0.4) is 0 Å². The van der Waals surface area contributed by atoms with Gasteiger partial charge in [0.05, 0.1) is 23.3 Å². The molecule has 1 unspecified atom stereocenters. The molecule has 1 aromatic heterocycles. The first kappa shape index (κ1) is 13.1. The largest absolute Gasteiger partial charge is 0.337 e. The zero-order valence-electron chi connectivity index (χ0n) is 10.3. The van der Waals surface area contributed by atoms with Crippen molar-refractivity contribution in [3.8, 4) is 0 Å². The lowest BCUT2D eigenvalue weighted by Crippen LogP contribution is -2.34. The van der Waals surface area contributed by atoms with Gasteiger partial charge in [-0.25, -0.2) is 4.98 Å². The van der Waals surface area contributed by atoms with Gasteiger partial charge >= 0.3 is 0 Å². The number of hydrogen-bond acceptors (Lipinski definition) is 4. The third kappa shape index (κ3) is 2.59. The Labute approximate surface area is 100 Å². The SMILES string of the molecule is CCc1nc(C)c(C(C)N(C)C(=O)CN)s1. The van der Waals surface area contributed by atoms with Gasteiger partial charge in [-0.2, -0.15) is 0 Å². The van der Waals surface area contributed by atoms with E-state index in [1.165, 1.54) is 0 Å². The normalized spacial score (nSPS) is 12.6. The maximum atomic E-state index is 11.5. The van der Waals surface area contributed by atoms with Gasteiger partial charge in [-0.15, -0.1) is 11.3 Å². The Balaban J connectivity index is 2.90. The molecule has 90 valence electrons. The van der Waals surface area contributed by atoms with Crippen molar-refractivity contribution in [2.75, 3.05) is 13.6 Å². The lowest BCUT2D eigenvalue weighted by molar-refractivity contribution is -0.130. The van der Waals surface area contributed by atoms with E-state index in [1.54, 1.807) is 23.3 Å². The van der Waals surface area contributed by atoms with Crippen LogP contribution in [0.2, 0.25) is 0 Å². The van der Waals surface area contributed by atoms with Crippen molar-refractivity contribution >= 4 is 17.2 Å². The van der Waals surface area contributed by atoms with Crippen LogP contribution in [0.25, 0.3) is 0 Å². The summed E-state index contributed by atoms with van der Waals surface area (Å²) >= 11 is 1.68. The third-order valence-corrected chi connectivity index (χ3v) is 4.18. The summed E-state index contributed by atoms with van der Waals surface area (Å²) in [7, 11) is 1.78. The Morgan fingerprint density at radius 1 is 1.62 bits per heavy atom. The number of aromatic nitrogens is 1. The van der Waals surface area contributed by atoms with Crippen molar-refractivity contribution < 1.29 is 4.79 Å². The van der Waals surface area contributed by atoms with Crippen LogP contribution in [0.1, 0.15) is 35.5 Å². The van der Waals surface area contributed by atoms with E-state index in [4.69, 9.17) is 5.73 Å². The molecule has 4 nitrogen and oxygen atoms in total. The molecular weight excluding hydrogens is 222 g/mol. The quantitative estimate of drug-likeness (QED) is 0.869. The smallest absolute Gasteiger partial charge is 0.236 e. The summed E-state index contributed by atoms with van der Waals surface area (Å²) in [5, 5.41) is 1.12. The van der Waals surface area contributed by atoms with Crippen LogP contribution in [-0.4, -0.2) is 29.4 Å². The number of amides is 1. The Morgan fingerprint density at radius 2 is 2.25 bits per heavy atom. The van der Waals surface area contributed by atoms with E-state index in [1.807, 2.05) is 13.8 Å². The molecule has 1 amide bonds. The topological polar surface area (TPSA) is 59.2 Å². The summed E-state index contributed by atoms with van der Waals surface area (Å²) in [6.07, 6.45) is 0.937. The van der Waals surface area contributed by atoms with Crippen molar-refractivity contribution in [3.05, 3.63) is 15.6 Å². The van der Waals surface area contributed by atoms with Gasteiger partial charge in [0.25, 0.3) is 0 Å². The summed E-state index contributed by atoms with van der Waals surface area (Å²) in [6.45, 7) is 6.14. The molecule has 0 aromatic carbocycles.